The summed E-state index contributed by atoms with van der Waals surface area (Å²) in [6.07, 6.45) is 0.640. The zero-order chi connectivity index (χ0) is 12.0. The van der Waals surface area contributed by atoms with Crippen LogP contribution in [0.5, 0.6) is 0 Å². The van der Waals surface area contributed by atoms with Crippen LogP contribution >= 0.6 is 0 Å². The highest BCUT2D eigenvalue weighted by molar-refractivity contribution is 5.67. The third kappa shape index (κ3) is 5.92. The summed E-state index contributed by atoms with van der Waals surface area (Å²) < 4.78 is 10.5. The van der Waals surface area contributed by atoms with E-state index in [1.54, 1.807) is 0 Å². The van der Waals surface area contributed by atoms with Crippen molar-refractivity contribution in [3.8, 4) is 0 Å². The summed E-state index contributed by atoms with van der Waals surface area (Å²) in [5.74, 6) is 0. The van der Waals surface area contributed by atoms with E-state index in [-0.39, 0.29) is 12.1 Å². The van der Waals surface area contributed by atoms with Crippen LogP contribution in [0.3, 0.4) is 0 Å². The number of hydrogen-bond donors (Lipinski definition) is 2. The van der Waals surface area contributed by atoms with E-state index >= 15 is 0 Å². The molecular weight excluding hydrogens is 208 g/mol. The number of carbonyl (C=O) groups is 1. The van der Waals surface area contributed by atoms with Crippen LogP contribution in [0, 0.1) is 0 Å². The number of rotatable bonds is 2. The minimum atomic E-state index is -0.447. The van der Waals surface area contributed by atoms with Crippen LogP contribution in [0.4, 0.5) is 4.79 Å². The van der Waals surface area contributed by atoms with Gasteiger partial charge in [0.15, 0.2) is 0 Å². The largest absolute Gasteiger partial charge is 0.444 e. The van der Waals surface area contributed by atoms with Gasteiger partial charge in [0.1, 0.15) is 5.60 Å². The third-order valence-electron chi connectivity index (χ3n) is 2.11. The van der Waals surface area contributed by atoms with E-state index in [4.69, 9.17) is 9.47 Å². The Labute approximate surface area is 96.9 Å². The first kappa shape index (κ1) is 13.3. The molecule has 0 saturated carbocycles. The molecule has 2 N–H and O–H groups in total. The molecular formula is C11H22N2O3. The van der Waals surface area contributed by atoms with Crippen molar-refractivity contribution in [3.05, 3.63) is 0 Å². The zero-order valence-electron chi connectivity index (χ0n) is 10.3. The number of carbonyl (C=O) groups excluding carboxylic acids is 1. The fraction of sp³-hybridized carbons (Fsp3) is 0.909. The van der Waals surface area contributed by atoms with Gasteiger partial charge in [0, 0.05) is 19.2 Å². The first-order valence-electron chi connectivity index (χ1n) is 5.75. The van der Waals surface area contributed by atoms with Crippen molar-refractivity contribution in [2.75, 3.05) is 26.3 Å². The molecule has 16 heavy (non-hydrogen) atoms. The molecule has 0 radical (unpaired) electrons. The Hall–Kier alpha value is -0.810. The topological polar surface area (TPSA) is 59.6 Å². The van der Waals surface area contributed by atoms with Gasteiger partial charge in [-0.25, -0.2) is 4.79 Å². The van der Waals surface area contributed by atoms with Crippen molar-refractivity contribution >= 4 is 6.09 Å². The van der Waals surface area contributed by atoms with E-state index in [0.29, 0.717) is 13.2 Å². The molecule has 0 spiro atoms. The quantitative estimate of drug-likeness (QED) is 0.739. The van der Waals surface area contributed by atoms with Gasteiger partial charge in [-0.05, 0) is 33.7 Å². The molecule has 1 aliphatic rings. The number of hydrogen-bond acceptors (Lipinski definition) is 4. The molecule has 1 rings (SSSR count). The first-order chi connectivity index (χ1) is 7.47. The minimum Gasteiger partial charge on any atom is -0.444 e. The van der Waals surface area contributed by atoms with Crippen molar-refractivity contribution in [2.24, 2.45) is 0 Å². The highest BCUT2D eigenvalue weighted by Crippen LogP contribution is 2.06. The van der Waals surface area contributed by atoms with E-state index < -0.39 is 5.60 Å². The van der Waals surface area contributed by atoms with Crippen LogP contribution in [-0.4, -0.2) is 44.0 Å². The molecule has 1 unspecified atom stereocenters. The summed E-state index contributed by atoms with van der Waals surface area (Å²) in [6, 6.07) is 0.176. The number of amides is 1. The van der Waals surface area contributed by atoms with Gasteiger partial charge in [-0.3, -0.25) is 0 Å². The summed E-state index contributed by atoms with van der Waals surface area (Å²) in [6.45, 7) is 8.43. The molecule has 94 valence electrons. The second-order valence-electron chi connectivity index (χ2n) is 4.96. The Balaban J connectivity index is 2.20. The molecule has 1 heterocycles. The SMILES string of the molecule is CC(C)(C)OC(=O)NCC1COCCCN1. The van der Waals surface area contributed by atoms with E-state index in [1.165, 1.54) is 0 Å². The number of nitrogens with one attached hydrogen (secondary N) is 2. The Morgan fingerprint density at radius 3 is 3.00 bits per heavy atom. The van der Waals surface area contributed by atoms with Crippen molar-refractivity contribution < 1.29 is 14.3 Å². The Morgan fingerprint density at radius 2 is 2.31 bits per heavy atom. The highest BCUT2D eigenvalue weighted by atomic mass is 16.6. The fourth-order valence-corrected chi connectivity index (χ4v) is 1.42. The molecule has 5 heteroatoms. The van der Waals surface area contributed by atoms with Crippen LogP contribution in [0.15, 0.2) is 0 Å². The summed E-state index contributed by atoms with van der Waals surface area (Å²) in [7, 11) is 0. The van der Waals surface area contributed by atoms with Gasteiger partial charge in [0.2, 0.25) is 0 Å². The number of ether oxygens (including phenoxy) is 2. The normalized spacial score (nSPS) is 22.3. The van der Waals surface area contributed by atoms with Gasteiger partial charge in [-0.2, -0.15) is 0 Å². The molecule has 0 aromatic rings. The van der Waals surface area contributed by atoms with Crippen LogP contribution < -0.4 is 10.6 Å². The first-order valence-corrected chi connectivity index (χ1v) is 5.75. The average Bonchev–Trinajstić information content (AvgIpc) is 2.39. The Kier molecular flexibility index (Phi) is 5.02. The van der Waals surface area contributed by atoms with Crippen molar-refractivity contribution in [3.63, 3.8) is 0 Å². The molecule has 1 amide bonds. The maximum Gasteiger partial charge on any atom is 0.407 e. The lowest BCUT2D eigenvalue weighted by atomic mass is 10.2. The molecule has 0 aromatic carbocycles. The monoisotopic (exact) mass is 230 g/mol. The van der Waals surface area contributed by atoms with E-state index in [9.17, 15) is 4.79 Å². The summed E-state index contributed by atoms with van der Waals surface area (Å²) in [4.78, 5) is 11.4. The van der Waals surface area contributed by atoms with Gasteiger partial charge in [0.25, 0.3) is 0 Å². The molecule has 0 aromatic heterocycles. The predicted molar refractivity (Wildman–Crippen MR) is 61.5 cm³/mol. The maximum atomic E-state index is 11.4. The van der Waals surface area contributed by atoms with Gasteiger partial charge in [0.05, 0.1) is 6.61 Å². The average molecular weight is 230 g/mol. The second kappa shape index (κ2) is 6.06. The van der Waals surface area contributed by atoms with Crippen LogP contribution in [0.25, 0.3) is 0 Å². The fourth-order valence-electron chi connectivity index (χ4n) is 1.42. The molecule has 1 fully saturated rings. The zero-order valence-corrected chi connectivity index (χ0v) is 10.3. The lowest BCUT2D eigenvalue weighted by molar-refractivity contribution is 0.0513. The number of alkyl carbamates (subject to hydrolysis) is 1. The van der Waals surface area contributed by atoms with Crippen LogP contribution in [0.2, 0.25) is 0 Å². The summed E-state index contributed by atoms with van der Waals surface area (Å²) in [5, 5.41) is 6.04. The summed E-state index contributed by atoms with van der Waals surface area (Å²) >= 11 is 0. The van der Waals surface area contributed by atoms with Gasteiger partial charge < -0.3 is 20.1 Å². The maximum absolute atomic E-state index is 11.4. The molecule has 1 saturated heterocycles. The van der Waals surface area contributed by atoms with Gasteiger partial charge in [-0.15, -0.1) is 0 Å². The molecule has 5 nitrogen and oxygen atoms in total. The lowest BCUT2D eigenvalue weighted by Gasteiger charge is -2.21. The minimum absolute atomic E-state index is 0.176. The van der Waals surface area contributed by atoms with Gasteiger partial charge in [-0.1, -0.05) is 0 Å². The van der Waals surface area contributed by atoms with E-state index in [1.807, 2.05) is 20.8 Å². The predicted octanol–water partition coefficient (Wildman–Crippen LogP) is 0.890. The van der Waals surface area contributed by atoms with E-state index in [2.05, 4.69) is 10.6 Å². The van der Waals surface area contributed by atoms with E-state index in [0.717, 1.165) is 19.6 Å². The lowest BCUT2D eigenvalue weighted by Crippen LogP contribution is -2.44. The molecule has 1 atom stereocenters. The third-order valence-corrected chi connectivity index (χ3v) is 2.11. The van der Waals surface area contributed by atoms with Crippen LogP contribution in [0.1, 0.15) is 27.2 Å². The Morgan fingerprint density at radius 1 is 1.56 bits per heavy atom. The molecule has 0 aliphatic carbocycles. The molecule has 1 aliphatic heterocycles. The van der Waals surface area contributed by atoms with Crippen molar-refractivity contribution in [1.82, 2.24) is 10.6 Å². The summed E-state index contributed by atoms with van der Waals surface area (Å²) in [5.41, 5.74) is -0.447. The Bertz CT molecular complexity index is 218. The van der Waals surface area contributed by atoms with Crippen molar-refractivity contribution in [2.45, 2.75) is 38.8 Å². The smallest absolute Gasteiger partial charge is 0.407 e. The van der Waals surface area contributed by atoms with Gasteiger partial charge >= 0.3 is 6.09 Å². The highest BCUT2D eigenvalue weighted by Gasteiger charge is 2.18. The standard InChI is InChI=1S/C11H22N2O3/c1-11(2,3)16-10(14)13-7-9-8-15-6-4-5-12-9/h9,12H,4-8H2,1-3H3,(H,13,14). The van der Waals surface area contributed by atoms with Crippen molar-refractivity contribution in [1.29, 1.82) is 0 Å². The molecule has 0 bridgehead atoms. The van der Waals surface area contributed by atoms with Crippen LogP contribution in [-0.2, 0) is 9.47 Å². The second-order valence-corrected chi connectivity index (χ2v) is 4.96.